The SMILES string of the molecule is O=C(Nc1c(Br)cc(C(F)(C(F)(F)F)C(F)(F)F)cc1C(F)(F)F)c1cccc(NC=Cc2ccccc2)c1F. The number of rotatable bonds is 6. The Bertz CT molecular complexity index is 1400. The number of alkyl halides is 10. The van der Waals surface area contributed by atoms with E-state index in [9.17, 15) is 53.1 Å². The molecule has 0 aliphatic carbocycles. The molecule has 0 aromatic heterocycles. The lowest BCUT2D eigenvalue weighted by molar-refractivity contribution is -0.348. The van der Waals surface area contributed by atoms with Crippen LogP contribution in [0.1, 0.15) is 27.0 Å². The summed E-state index contributed by atoms with van der Waals surface area (Å²) in [6.07, 6.45) is -16.2. The monoisotopic (exact) mass is 646 g/mol. The van der Waals surface area contributed by atoms with Crippen molar-refractivity contribution in [2.24, 2.45) is 0 Å². The zero-order valence-corrected chi connectivity index (χ0v) is 21.0. The average Bonchev–Trinajstić information content (AvgIpc) is 2.84. The fourth-order valence-corrected chi connectivity index (χ4v) is 4.00. The highest BCUT2D eigenvalue weighted by Crippen LogP contribution is 2.55. The lowest BCUT2D eigenvalue weighted by atomic mass is 9.92. The Hall–Kier alpha value is -3.62. The van der Waals surface area contributed by atoms with Gasteiger partial charge in [-0.15, -0.1) is 0 Å². The number of hydrogen-bond acceptors (Lipinski definition) is 2. The standard InChI is InChI=1S/C25H14BrF11N2O/c26-17-12-14(22(28,24(32,33)34)25(35,36)37)11-16(23(29,30)31)20(17)39-21(40)15-7-4-8-18(19(15)27)38-10-9-13-5-2-1-3-6-13/h1-12,38H,(H,39,40). The molecule has 0 saturated carbocycles. The zero-order valence-electron chi connectivity index (χ0n) is 19.4. The highest BCUT2D eigenvalue weighted by Gasteiger charge is 2.73. The maximum absolute atomic E-state index is 15.0. The van der Waals surface area contributed by atoms with Crippen molar-refractivity contribution in [2.45, 2.75) is 24.2 Å². The van der Waals surface area contributed by atoms with E-state index >= 15 is 0 Å². The van der Waals surface area contributed by atoms with E-state index < -0.39 is 68.8 Å². The van der Waals surface area contributed by atoms with Crippen molar-refractivity contribution in [3.63, 3.8) is 0 Å². The Morgan fingerprint density at radius 1 is 0.800 bits per heavy atom. The smallest absolute Gasteiger partial charge is 0.359 e. The summed E-state index contributed by atoms with van der Waals surface area (Å²) >= 11 is 2.38. The molecule has 0 spiro atoms. The van der Waals surface area contributed by atoms with Gasteiger partial charge in [-0.05, 0) is 51.8 Å². The van der Waals surface area contributed by atoms with Crippen LogP contribution in [0.15, 0.2) is 71.3 Å². The first-order chi connectivity index (χ1) is 18.4. The third-order valence-corrected chi connectivity index (χ3v) is 6.00. The summed E-state index contributed by atoms with van der Waals surface area (Å²) < 4.78 is 148. The van der Waals surface area contributed by atoms with Crippen LogP contribution in [0, 0.1) is 5.82 Å². The molecule has 40 heavy (non-hydrogen) atoms. The van der Waals surface area contributed by atoms with Gasteiger partial charge in [0.25, 0.3) is 5.91 Å². The second kappa shape index (κ2) is 11.1. The van der Waals surface area contributed by atoms with Crippen molar-refractivity contribution in [3.8, 4) is 0 Å². The van der Waals surface area contributed by atoms with E-state index in [1.807, 2.05) is 0 Å². The molecule has 0 bridgehead atoms. The first-order valence-corrected chi connectivity index (χ1v) is 11.5. The molecule has 2 N–H and O–H groups in total. The molecule has 1 amide bonds. The van der Waals surface area contributed by atoms with E-state index in [-0.39, 0.29) is 11.8 Å². The molecule has 0 heterocycles. The van der Waals surface area contributed by atoms with Crippen LogP contribution < -0.4 is 10.6 Å². The van der Waals surface area contributed by atoms with E-state index in [1.54, 1.807) is 35.6 Å². The predicted molar refractivity (Wildman–Crippen MR) is 127 cm³/mol. The number of amides is 1. The molecule has 0 fully saturated rings. The molecule has 3 nitrogen and oxygen atoms in total. The van der Waals surface area contributed by atoms with Gasteiger partial charge in [-0.1, -0.05) is 36.4 Å². The van der Waals surface area contributed by atoms with E-state index in [4.69, 9.17) is 0 Å². The van der Waals surface area contributed by atoms with Gasteiger partial charge in [0.15, 0.2) is 5.82 Å². The van der Waals surface area contributed by atoms with Crippen LogP contribution in [0.5, 0.6) is 0 Å². The highest BCUT2D eigenvalue weighted by atomic mass is 79.9. The first kappa shape index (κ1) is 30.9. The van der Waals surface area contributed by atoms with Gasteiger partial charge >= 0.3 is 24.2 Å². The molecule has 0 saturated heterocycles. The third-order valence-electron chi connectivity index (χ3n) is 5.37. The summed E-state index contributed by atoms with van der Waals surface area (Å²) in [5.41, 5.74) is -12.6. The van der Waals surface area contributed by atoms with Gasteiger partial charge in [-0.2, -0.15) is 39.5 Å². The molecule has 3 rings (SSSR count). The molecule has 0 radical (unpaired) electrons. The molecule has 0 aliphatic rings. The Labute approximate surface area is 226 Å². The Morgan fingerprint density at radius 2 is 1.40 bits per heavy atom. The molecule has 3 aromatic rings. The van der Waals surface area contributed by atoms with Crippen LogP contribution in [-0.2, 0) is 11.8 Å². The van der Waals surface area contributed by atoms with Crippen molar-refractivity contribution in [2.75, 3.05) is 10.6 Å². The molecule has 214 valence electrons. The fourth-order valence-electron chi connectivity index (χ4n) is 3.44. The minimum atomic E-state index is -6.69. The predicted octanol–water partition coefficient (Wildman–Crippen LogP) is 9.23. The average molecular weight is 647 g/mol. The molecular formula is C25H14BrF11N2O. The van der Waals surface area contributed by atoms with Gasteiger partial charge in [0.05, 0.1) is 22.5 Å². The number of anilines is 2. The second-order valence-corrected chi connectivity index (χ2v) is 8.90. The van der Waals surface area contributed by atoms with E-state index in [2.05, 4.69) is 21.2 Å². The van der Waals surface area contributed by atoms with Crippen molar-refractivity contribution < 1.29 is 53.1 Å². The molecule has 0 atom stereocenters. The van der Waals surface area contributed by atoms with Crippen LogP contribution in [0.4, 0.5) is 59.7 Å². The van der Waals surface area contributed by atoms with Gasteiger partial charge in [0.1, 0.15) is 0 Å². The Kier molecular flexibility index (Phi) is 8.58. The minimum absolute atomic E-state index is 0.200. The van der Waals surface area contributed by atoms with Crippen LogP contribution >= 0.6 is 15.9 Å². The lowest BCUT2D eigenvalue weighted by Gasteiger charge is -2.31. The third kappa shape index (κ3) is 6.24. The normalized spacial score (nSPS) is 13.0. The van der Waals surface area contributed by atoms with Crippen molar-refractivity contribution in [3.05, 3.63) is 99.4 Å². The Morgan fingerprint density at radius 3 is 1.95 bits per heavy atom. The fraction of sp³-hybridized carbons (Fsp3) is 0.160. The maximum Gasteiger partial charge on any atom is 0.435 e. The van der Waals surface area contributed by atoms with Crippen molar-refractivity contribution in [1.82, 2.24) is 0 Å². The number of nitrogens with one attached hydrogen (secondary N) is 2. The number of halogens is 12. The first-order valence-electron chi connectivity index (χ1n) is 10.7. The van der Waals surface area contributed by atoms with Gasteiger partial charge in [-0.3, -0.25) is 4.79 Å². The van der Waals surface area contributed by atoms with Crippen LogP contribution in [0.25, 0.3) is 6.08 Å². The zero-order chi connectivity index (χ0) is 30.1. The van der Waals surface area contributed by atoms with Gasteiger partial charge in [0.2, 0.25) is 0 Å². The summed E-state index contributed by atoms with van der Waals surface area (Å²) in [7, 11) is 0. The van der Waals surface area contributed by atoms with E-state index in [1.165, 1.54) is 18.3 Å². The minimum Gasteiger partial charge on any atom is -0.359 e. The topological polar surface area (TPSA) is 41.1 Å². The summed E-state index contributed by atoms with van der Waals surface area (Å²) in [6, 6.07) is 10.9. The van der Waals surface area contributed by atoms with Gasteiger partial charge < -0.3 is 10.6 Å². The van der Waals surface area contributed by atoms with Crippen LogP contribution in [0.3, 0.4) is 0 Å². The summed E-state index contributed by atoms with van der Waals surface area (Å²) in [5, 5.41) is 4.17. The largest absolute Gasteiger partial charge is 0.435 e. The molecule has 15 heteroatoms. The summed E-state index contributed by atoms with van der Waals surface area (Å²) in [6.45, 7) is 0. The number of carbonyl (C=O) groups excluding carboxylic acids is 1. The Balaban J connectivity index is 2.01. The lowest BCUT2D eigenvalue weighted by Crippen LogP contribution is -2.50. The number of carbonyl (C=O) groups is 1. The molecule has 0 aliphatic heterocycles. The maximum atomic E-state index is 15.0. The van der Waals surface area contributed by atoms with Crippen molar-refractivity contribution >= 4 is 39.3 Å². The quantitative estimate of drug-likeness (QED) is 0.262. The number of benzene rings is 3. The van der Waals surface area contributed by atoms with Gasteiger partial charge in [0, 0.05) is 16.2 Å². The van der Waals surface area contributed by atoms with Gasteiger partial charge in [-0.25, -0.2) is 8.78 Å². The van der Waals surface area contributed by atoms with Crippen LogP contribution in [0.2, 0.25) is 0 Å². The molecule has 0 unspecified atom stereocenters. The van der Waals surface area contributed by atoms with E-state index in [0.29, 0.717) is 5.56 Å². The molecular weight excluding hydrogens is 633 g/mol. The van der Waals surface area contributed by atoms with Crippen molar-refractivity contribution in [1.29, 1.82) is 0 Å². The summed E-state index contributed by atoms with van der Waals surface area (Å²) in [4.78, 5) is 12.7. The second-order valence-electron chi connectivity index (χ2n) is 8.04. The number of hydrogen-bond donors (Lipinski definition) is 2. The van der Waals surface area contributed by atoms with Crippen LogP contribution in [-0.4, -0.2) is 18.3 Å². The highest BCUT2D eigenvalue weighted by molar-refractivity contribution is 9.10. The van der Waals surface area contributed by atoms with E-state index in [0.717, 1.165) is 12.1 Å². The summed E-state index contributed by atoms with van der Waals surface area (Å²) in [5.74, 6) is -2.78. The molecule has 3 aromatic carbocycles.